The molecule has 0 bridgehead atoms. The van der Waals surface area contributed by atoms with Crippen molar-refractivity contribution in [2.45, 2.75) is 26.7 Å². The number of aryl methyl sites for hydroxylation is 1. The molecule has 0 saturated heterocycles. The first kappa shape index (κ1) is 12.9. The third kappa shape index (κ3) is 2.24. The van der Waals surface area contributed by atoms with Crippen LogP contribution in [0.5, 0.6) is 0 Å². The van der Waals surface area contributed by atoms with E-state index in [0.29, 0.717) is 35.9 Å². The van der Waals surface area contributed by atoms with Gasteiger partial charge in [0.25, 0.3) is 0 Å². The molecule has 0 aromatic carbocycles. The number of hydrogen-bond donors (Lipinski definition) is 1. The predicted octanol–water partition coefficient (Wildman–Crippen LogP) is 1.28. The first-order valence-corrected chi connectivity index (χ1v) is 5.91. The normalized spacial score (nSPS) is 10.6. The molecule has 0 amide bonds. The molecule has 100 valence electrons. The molecule has 0 spiro atoms. The van der Waals surface area contributed by atoms with Gasteiger partial charge in [0, 0.05) is 0 Å². The van der Waals surface area contributed by atoms with Crippen molar-refractivity contribution in [3.8, 4) is 5.82 Å². The van der Waals surface area contributed by atoms with Gasteiger partial charge in [-0.1, -0.05) is 13.8 Å². The van der Waals surface area contributed by atoms with Crippen LogP contribution in [0.3, 0.4) is 0 Å². The zero-order valence-corrected chi connectivity index (χ0v) is 10.7. The van der Waals surface area contributed by atoms with Gasteiger partial charge in [0.2, 0.25) is 0 Å². The van der Waals surface area contributed by atoms with Gasteiger partial charge in [0.05, 0.1) is 17.3 Å². The van der Waals surface area contributed by atoms with Crippen molar-refractivity contribution in [1.29, 1.82) is 0 Å². The van der Waals surface area contributed by atoms with Gasteiger partial charge in [0.1, 0.15) is 17.2 Å². The van der Waals surface area contributed by atoms with Crippen LogP contribution in [0.2, 0.25) is 0 Å². The van der Waals surface area contributed by atoms with Crippen molar-refractivity contribution in [1.82, 2.24) is 19.7 Å². The summed E-state index contributed by atoms with van der Waals surface area (Å²) in [5.41, 5.74) is 6.49. The number of anilines is 1. The Kier molecular flexibility index (Phi) is 3.41. The Bertz CT molecular complexity index is 604. The number of nitrogens with two attached hydrogens (primary N) is 1. The van der Waals surface area contributed by atoms with E-state index in [9.17, 15) is 10.1 Å². The SMILES string of the molecule is CCc1nn(-c2cnc(N)cn2)c(CC)c1[N+](=O)[O-]. The van der Waals surface area contributed by atoms with Crippen molar-refractivity contribution in [3.63, 3.8) is 0 Å². The number of hydrogen-bond acceptors (Lipinski definition) is 6. The lowest BCUT2D eigenvalue weighted by atomic mass is 10.2. The summed E-state index contributed by atoms with van der Waals surface area (Å²) in [6, 6.07) is 0. The van der Waals surface area contributed by atoms with E-state index in [-0.39, 0.29) is 5.69 Å². The number of nitrogens with zero attached hydrogens (tertiary/aromatic N) is 5. The number of nitro groups is 1. The van der Waals surface area contributed by atoms with Crippen molar-refractivity contribution in [3.05, 3.63) is 33.9 Å². The fraction of sp³-hybridized carbons (Fsp3) is 0.364. The first-order valence-electron chi connectivity index (χ1n) is 5.91. The predicted molar refractivity (Wildman–Crippen MR) is 69.0 cm³/mol. The molecule has 0 radical (unpaired) electrons. The molecular formula is C11H14N6O2. The second kappa shape index (κ2) is 5.01. The standard InChI is InChI=1S/C11H14N6O2/c1-3-7-11(17(18)19)8(4-2)16(15-7)10-6-13-9(12)5-14-10/h5-6H,3-4H2,1-2H3,(H2,12,13). The highest BCUT2D eigenvalue weighted by atomic mass is 16.6. The summed E-state index contributed by atoms with van der Waals surface area (Å²) in [4.78, 5) is 18.8. The van der Waals surface area contributed by atoms with Crippen molar-refractivity contribution >= 4 is 11.5 Å². The maximum atomic E-state index is 11.2. The van der Waals surface area contributed by atoms with Crippen molar-refractivity contribution in [2.24, 2.45) is 0 Å². The molecule has 2 aromatic heterocycles. The lowest BCUT2D eigenvalue weighted by molar-refractivity contribution is -0.386. The Hall–Kier alpha value is -2.51. The Morgan fingerprint density at radius 3 is 2.53 bits per heavy atom. The summed E-state index contributed by atoms with van der Waals surface area (Å²) in [6.07, 6.45) is 3.81. The minimum absolute atomic E-state index is 0.0589. The topological polar surface area (TPSA) is 113 Å². The van der Waals surface area contributed by atoms with Crippen LogP contribution in [0.4, 0.5) is 11.5 Å². The summed E-state index contributed by atoms with van der Waals surface area (Å²) in [5.74, 6) is 0.716. The smallest absolute Gasteiger partial charge is 0.313 e. The summed E-state index contributed by atoms with van der Waals surface area (Å²) in [5, 5.41) is 15.4. The van der Waals surface area contributed by atoms with E-state index in [2.05, 4.69) is 15.1 Å². The minimum Gasteiger partial charge on any atom is -0.382 e. The van der Waals surface area contributed by atoms with E-state index >= 15 is 0 Å². The van der Waals surface area contributed by atoms with E-state index in [4.69, 9.17) is 5.73 Å². The molecule has 0 atom stereocenters. The zero-order chi connectivity index (χ0) is 14.0. The van der Waals surface area contributed by atoms with Gasteiger partial charge < -0.3 is 5.73 Å². The van der Waals surface area contributed by atoms with Gasteiger partial charge >= 0.3 is 5.69 Å². The second-order valence-electron chi connectivity index (χ2n) is 3.92. The number of rotatable bonds is 4. The Balaban J connectivity index is 2.63. The largest absolute Gasteiger partial charge is 0.382 e. The van der Waals surface area contributed by atoms with Gasteiger partial charge in [-0.25, -0.2) is 14.6 Å². The fourth-order valence-corrected chi connectivity index (χ4v) is 1.89. The van der Waals surface area contributed by atoms with Gasteiger partial charge in [-0.05, 0) is 12.8 Å². The molecule has 2 rings (SSSR count). The van der Waals surface area contributed by atoms with Gasteiger partial charge in [-0.15, -0.1) is 0 Å². The summed E-state index contributed by atoms with van der Waals surface area (Å²) in [7, 11) is 0. The van der Waals surface area contributed by atoms with Crippen LogP contribution in [0, 0.1) is 10.1 Å². The highest BCUT2D eigenvalue weighted by Gasteiger charge is 2.26. The fourth-order valence-electron chi connectivity index (χ4n) is 1.89. The molecule has 2 aromatic rings. The van der Waals surface area contributed by atoms with Crippen LogP contribution in [-0.2, 0) is 12.8 Å². The van der Waals surface area contributed by atoms with E-state index in [1.807, 2.05) is 13.8 Å². The van der Waals surface area contributed by atoms with Gasteiger partial charge in [-0.3, -0.25) is 10.1 Å². The second-order valence-corrected chi connectivity index (χ2v) is 3.92. The molecule has 0 saturated carbocycles. The molecule has 0 fully saturated rings. The van der Waals surface area contributed by atoms with E-state index < -0.39 is 4.92 Å². The minimum atomic E-state index is -0.397. The quantitative estimate of drug-likeness (QED) is 0.655. The van der Waals surface area contributed by atoms with Crippen LogP contribution < -0.4 is 5.73 Å². The van der Waals surface area contributed by atoms with Crippen LogP contribution >= 0.6 is 0 Å². The van der Waals surface area contributed by atoms with Crippen LogP contribution in [0.1, 0.15) is 25.2 Å². The summed E-state index contributed by atoms with van der Waals surface area (Å²) in [6.45, 7) is 3.67. The lowest BCUT2D eigenvalue weighted by Gasteiger charge is -2.03. The molecule has 0 aliphatic carbocycles. The van der Waals surface area contributed by atoms with Gasteiger partial charge in [-0.2, -0.15) is 5.10 Å². The summed E-state index contributed by atoms with van der Waals surface area (Å²) >= 11 is 0. The van der Waals surface area contributed by atoms with Crippen LogP contribution in [0.25, 0.3) is 5.82 Å². The Morgan fingerprint density at radius 1 is 1.32 bits per heavy atom. The van der Waals surface area contributed by atoms with E-state index in [1.54, 1.807) is 0 Å². The third-order valence-electron chi connectivity index (χ3n) is 2.75. The van der Waals surface area contributed by atoms with Gasteiger partial charge in [0.15, 0.2) is 5.82 Å². The van der Waals surface area contributed by atoms with Crippen LogP contribution in [0.15, 0.2) is 12.4 Å². The molecule has 8 nitrogen and oxygen atoms in total. The third-order valence-corrected chi connectivity index (χ3v) is 2.75. The molecule has 0 aliphatic heterocycles. The number of nitrogen functional groups attached to an aromatic ring is 1. The summed E-state index contributed by atoms with van der Waals surface area (Å²) < 4.78 is 1.46. The Morgan fingerprint density at radius 2 is 2.05 bits per heavy atom. The Labute approximate surface area is 109 Å². The highest BCUT2D eigenvalue weighted by Crippen LogP contribution is 2.26. The number of aromatic nitrogens is 4. The van der Waals surface area contributed by atoms with Crippen molar-refractivity contribution in [2.75, 3.05) is 5.73 Å². The van der Waals surface area contributed by atoms with Crippen molar-refractivity contribution < 1.29 is 4.92 Å². The molecule has 2 N–H and O–H groups in total. The first-order chi connectivity index (χ1) is 9.08. The maximum Gasteiger partial charge on any atom is 0.313 e. The highest BCUT2D eigenvalue weighted by molar-refractivity contribution is 5.45. The molecule has 19 heavy (non-hydrogen) atoms. The molecule has 0 aliphatic rings. The molecular weight excluding hydrogens is 248 g/mol. The molecule has 8 heteroatoms. The van der Waals surface area contributed by atoms with Crippen LogP contribution in [-0.4, -0.2) is 24.7 Å². The lowest BCUT2D eigenvalue weighted by Crippen LogP contribution is -2.06. The van der Waals surface area contributed by atoms with E-state index in [0.717, 1.165) is 0 Å². The maximum absolute atomic E-state index is 11.2. The zero-order valence-electron chi connectivity index (χ0n) is 10.7. The average Bonchev–Trinajstić information content (AvgIpc) is 2.78. The van der Waals surface area contributed by atoms with E-state index in [1.165, 1.54) is 17.1 Å². The monoisotopic (exact) mass is 262 g/mol. The molecule has 2 heterocycles. The average molecular weight is 262 g/mol. The molecule has 0 unspecified atom stereocenters.